The van der Waals surface area contributed by atoms with Gasteiger partial charge in [0.15, 0.2) is 5.76 Å². The number of aromatic nitrogens is 1. The Labute approximate surface area is 153 Å². The van der Waals surface area contributed by atoms with Crippen LogP contribution >= 0.6 is 0 Å². The highest BCUT2D eigenvalue weighted by Gasteiger charge is 2.20. The number of hydrogen-bond donors (Lipinski definition) is 1. The Balaban J connectivity index is 1.31. The van der Waals surface area contributed by atoms with Gasteiger partial charge in [0.1, 0.15) is 0 Å². The second-order valence-electron chi connectivity index (χ2n) is 6.35. The summed E-state index contributed by atoms with van der Waals surface area (Å²) in [6.07, 6.45) is 6.19. The van der Waals surface area contributed by atoms with Crippen LogP contribution in [-0.4, -0.2) is 59.3 Å². The van der Waals surface area contributed by atoms with Gasteiger partial charge < -0.3 is 14.6 Å². The van der Waals surface area contributed by atoms with E-state index in [0.717, 1.165) is 32.7 Å². The van der Waals surface area contributed by atoms with E-state index in [-0.39, 0.29) is 11.8 Å². The number of nitrogens with zero attached hydrogens (tertiary/aromatic N) is 3. The number of nitrogens with one attached hydrogen (secondary N) is 1. The van der Waals surface area contributed by atoms with Gasteiger partial charge in [-0.05, 0) is 30.2 Å². The lowest BCUT2D eigenvalue weighted by Gasteiger charge is -2.34. The summed E-state index contributed by atoms with van der Waals surface area (Å²) in [4.78, 5) is 32.4. The molecule has 0 aliphatic carbocycles. The highest BCUT2D eigenvalue weighted by Crippen LogP contribution is 2.09. The Bertz CT molecular complexity index is 695. The van der Waals surface area contributed by atoms with Gasteiger partial charge in [-0.25, -0.2) is 0 Å². The first-order valence-corrected chi connectivity index (χ1v) is 8.93. The van der Waals surface area contributed by atoms with Gasteiger partial charge in [0.05, 0.1) is 6.26 Å². The van der Waals surface area contributed by atoms with E-state index in [1.54, 1.807) is 18.3 Å². The molecule has 1 N–H and O–H groups in total. The van der Waals surface area contributed by atoms with Crippen molar-refractivity contribution in [2.45, 2.75) is 19.4 Å². The van der Waals surface area contributed by atoms with Crippen molar-refractivity contribution < 1.29 is 14.0 Å². The molecule has 1 saturated heterocycles. The molecule has 0 aromatic carbocycles. The molecular formula is C19H24N4O3. The molecule has 0 unspecified atom stereocenters. The molecule has 1 fully saturated rings. The lowest BCUT2D eigenvalue weighted by atomic mass is 10.2. The molecule has 7 heteroatoms. The van der Waals surface area contributed by atoms with Crippen LogP contribution in [0.5, 0.6) is 0 Å². The average Bonchev–Trinajstić information content (AvgIpc) is 3.21. The normalized spacial score (nSPS) is 15.0. The number of hydrogen-bond acceptors (Lipinski definition) is 5. The van der Waals surface area contributed by atoms with Crippen LogP contribution in [0.1, 0.15) is 29.0 Å². The molecule has 26 heavy (non-hydrogen) atoms. The molecule has 3 heterocycles. The van der Waals surface area contributed by atoms with Crippen molar-refractivity contribution in [1.82, 2.24) is 20.1 Å². The van der Waals surface area contributed by atoms with Crippen molar-refractivity contribution in [3.8, 4) is 0 Å². The molecule has 0 radical (unpaired) electrons. The standard InChI is InChI=1S/C19H24N4O3/c24-18(6-2-8-21-19(25)17-5-3-13-26-17)23-11-9-22(10-12-23)15-16-4-1-7-20-14-16/h1,3-5,7,13-14H,2,6,8-12,15H2,(H,21,25). The monoisotopic (exact) mass is 356 g/mol. The smallest absolute Gasteiger partial charge is 0.286 e. The van der Waals surface area contributed by atoms with Gasteiger partial charge in [-0.1, -0.05) is 6.07 Å². The number of rotatable bonds is 7. The first-order valence-electron chi connectivity index (χ1n) is 8.93. The van der Waals surface area contributed by atoms with Crippen molar-refractivity contribution in [1.29, 1.82) is 0 Å². The third-order valence-electron chi connectivity index (χ3n) is 4.45. The largest absolute Gasteiger partial charge is 0.459 e. The third kappa shape index (κ3) is 5.16. The molecule has 0 saturated carbocycles. The second kappa shape index (κ2) is 9.15. The van der Waals surface area contributed by atoms with Gasteiger partial charge in [-0.15, -0.1) is 0 Å². The van der Waals surface area contributed by atoms with Crippen molar-refractivity contribution in [2.24, 2.45) is 0 Å². The minimum atomic E-state index is -0.244. The zero-order chi connectivity index (χ0) is 18.2. The van der Waals surface area contributed by atoms with Crippen molar-refractivity contribution in [3.63, 3.8) is 0 Å². The van der Waals surface area contributed by atoms with Crippen LogP contribution in [-0.2, 0) is 11.3 Å². The zero-order valence-electron chi connectivity index (χ0n) is 14.8. The van der Waals surface area contributed by atoms with Crippen LogP contribution in [0.3, 0.4) is 0 Å². The highest BCUT2D eigenvalue weighted by molar-refractivity contribution is 5.91. The van der Waals surface area contributed by atoms with E-state index >= 15 is 0 Å². The van der Waals surface area contributed by atoms with Crippen molar-refractivity contribution >= 4 is 11.8 Å². The van der Waals surface area contributed by atoms with Gasteiger partial charge >= 0.3 is 0 Å². The number of furan rings is 1. The molecule has 2 amide bonds. The number of pyridine rings is 1. The number of piperazine rings is 1. The summed E-state index contributed by atoms with van der Waals surface area (Å²) >= 11 is 0. The van der Waals surface area contributed by atoms with E-state index in [9.17, 15) is 9.59 Å². The van der Waals surface area contributed by atoms with Crippen LogP contribution in [0, 0.1) is 0 Å². The summed E-state index contributed by atoms with van der Waals surface area (Å²) in [7, 11) is 0. The lowest BCUT2D eigenvalue weighted by Crippen LogP contribution is -2.48. The molecule has 3 rings (SSSR count). The minimum Gasteiger partial charge on any atom is -0.459 e. The predicted molar refractivity (Wildman–Crippen MR) is 96.4 cm³/mol. The Morgan fingerprint density at radius 3 is 2.69 bits per heavy atom. The topological polar surface area (TPSA) is 78.7 Å². The van der Waals surface area contributed by atoms with Crippen molar-refractivity contribution in [3.05, 3.63) is 54.2 Å². The van der Waals surface area contributed by atoms with E-state index in [1.807, 2.05) is 17.2 Å². The Kier molecular flexibility index (Phi) is 6.38. The van der Waals surface area contributed by atoms with Crippen LogP contribution < -0.4 is 5.32 Å². The van der Waals surface area contributed by atoms with Gasteiger partial charge in [-0.2, -0.15) is 0 Å². The van der Waals surface area contributed by atoms with Crippen molar-refractivity contribution in [2.75, 3.05) is 32.7 Å². The second-order valence-corrected chi connectivity index (χ2v) is 6.35. The molecular weight excluding hydrogens is 332 g/mol. The third-order valence-corrected chi connectivity index (χ3v) is 4.45. The number of amides is 2. The van der Waals surface area contributed by atoms with Gasteiger partial charge in [0, 0.05) is 58.1 Å². The molecule has 0 atom stereocenters. The Hall–Kier alpha value is -2.67. The SMILES string of the molecule is O=C(NCCCC(=O)N1CCN(Cc2cccnc2)CC1)c1ccco1. The Morgan fingerprint density at radius 1 is 1.15 bits per heavy atom. The van der Waals surface area contributed by atoms with E-state index in [4.69, 9.17) is 4.42 Å². The van der Waals surface area contributed by atoms with E-state index < -0.39 is 0 Å². The fourth-order valence-electron chi connectivity index (χ4n) is 3.00. The maximum atomic E-state index is 12.3. The maximum absolute atomic E-state index is 12.3. The minimum absolute atomic E-state index is 0.151. The average molecular weight is 356 g/mol. The van der Waals surface area contributed by atoms with Crippen LogP contribution in [0.15, 0.2) is 47.3 Å². The van der Waals surface area contributed by atoms with E-state index in [2.05, 4.69) is 21.3 Å². The molecule has 2 aromatic heterocycles. The van der Waals surface area contributed by atoms with Gasteiger partial charge in [-0.3, -0.25) is 19.5 Å². The van der Waals surface area contributed by atoms with Crippen LogP contribution in [0.25, 0.3) is 0 Å². The zero-order valence-corrected chi connectivity index (χ0v) is 14.8. The first kappa shape index (κ1) is 18.1. The van der Waals surface area contributed by atoms with E-state index in [1.165, 1.54) is 11.8 Å². The fourth-order valence-corrected chi connectivity index (χ4v) is 3.00. The predicted octanol–water partition coefficient (Wildman–Crippen LogP) is 1.53. The summed E-state index contributed by atoms with van der Waals surface area (Å²) in [6.45, 7) is 4.57. The maximum Gasteiger partial charge on any atom is 0.286 e. The highest BCUT2D eigenvalue weighted by atomic mass is 16.3. The number of carbonyl (C=O) groups excluding carboxylic acids is 2. The molecule has 2 aromatic rings. The number of carbonyl (C=O) groups is 2. The van der Waals surface area contributed by atoms with Gasteiger partial charge in [0.25, 0.3) is 5.91 Å². The van der Waals surface area contributed by atoms with Crippen LogP contribution in [0.4, 0.5) is 0 Å². The van der Waals surface area contributed by atoms with Gasteiger partial charge in [0.2, 0.25) is 5.91 Å². The van der Waals surface area contributed by atoms with E-state index in [0.29, 0.717) is 25.1 Å². The summed E-state index contributed by atoms with van der Waals surface area (Å²) in [5.41, 5.74) is 1.19. The summed E-state index contributed by atoms with van der Waals surface area (Å²) in [5.74, 6) is 0.200. The summed E-state index contributed by atoms with van der Waals surface area (Å²) in [6, 6.07) is 7.30. The molecule has 7 nitrogen and oxygen atoms in total. The molecule has 1 aliphatic heterocycles. The summed E-state index contributed by atoms with van der Waals surface area (Å²) < 4.78 is 5.03. The fraction of sp³-hybridized carbons (Fsp3) is 0.421. The lowest BCUT2D eigenvalue weighted by molar-refractivity contribution is -0.133. The first-order chi connectivity index (χ1) is 12.7. The molecule has 138 valence electrons. The van der Waals surface area contributed by atoms with Crippen LogP contribution in [0.2, 0.25) is 0 Å². The quantitative estimate of drug-likeness (QED) is 0.761. The Morgan fingerprint density at radius 2 is 2.00 bits per heavy atom. The molecule has 1 aliphatic rings. The molecule has 0 bridgehead atoms. The molecule has 0 spiro atoms. The summed E-state index contributed by atoms with van der Waals surface area (Å²) in [5, 5.41) is 2.76.